The minimum atomic E-state index is -0.288. The molecule has 0 saturated heterocycles. The Balaban J connectivity index is 1.69. The molecule has 1 amide bonds. The Hall–Kier alpha value is -5.24. The van der Waals surface area contributed by atoms with Gasteiger partial charge < -0.3 is 20.4 Å². The number of nitrogen functional groups attached to an aromatic ring is 1. The molecule has 0 spiro atoms. The number of nitrogens with one attached hydrogen (secondary N) is 1. The van der Waals surface area contributed by atoms with E-state index < -0.39 is 0 Å². The number of amides is 1. The lowest BCUT2D eigenvalue weighted by molar-refractivity contribution is -0.111. The summed E-state index contributed by atoms with van der Waals surface area (Å²) in [5.41, 5.74) is 13.0. The van der Waals surface area contributed by atoms with E-state index >= 15 is 0 Å². The van der Waals surface area contributed by atoms with Crippen molar-refractivity contribution in [2.24, 2.45) is 7.05 Å². The monoisotopic (exact) mass is 517 g/mol. The number of benzene rings is 3. The Labute approximate surface area is 225 Å². The summed E-state index contributed by atoms with van der Waals surface area (Å²) < 4.78 is 7.67. The molecule has 0 aliphatic rings. The summed E-state index contributed by atoms with van der Waals surface area (Å²) in [5, 5.41) is 3.46. The third kappa shape index (κ3) is 4.53. The van der Waals surface area contributed by atoms with Gasteiger partial charge in [-0.2, -0.15) is 0 Å². The summed E-state index contributed by atoms with van der Waals surface area (Å²) in [4.78, 5) is 33.9. The zero-order chi connectivity index (χ0) is 27.7. The van der Waals surface area contributed by atoms with Gasteiger partial charge in [0, 0.05) is 23.9 Å². The third-order valence-corrected chi connectivity index (χ3v) is 6.73. The van der Waals surface area contributed by atoms with Crippen LogP contribution < -0.4 is 15.8 Å². The normalized spacial score (nSPS) is 10.8. The van der Waals surface area contributed by atoms with Crippen molar-refractivity contribution in [2.75, 3.05) is 18.2 Å². The summed E-state index contributed by atoms with van der Waals surface area (Å²) in [5.74, 6) is 0.380. The summed E-state index contributed by atoms with van der Waals surface area (Å²) in [6.45, 7) is 5.40. The summed E-state index contributed by atoms with van der Waals surface area (Å²) in [6, 6.07) is 20.4. The molecule has 0 unspecified atom stereocenters. The van der Waals surface area contributed by atoms with Gasteiger partial charge in [0.05, 0.1) is 23.8 Å². The van der Waals surface area contributed by atoms with E-state index in [1.165, 1.54) is 12.4 Å². The second kappa shape index (κ2) is 10.3. The van der Waals surface area contributed by atoms with Crippen LogP contribution in [0.1, 0.15) is 21.5 Å². The molecule has 0 bridgehead atoms. The van der Waals surface area contributed by atoms with Gasteiger partial charge in [-0.05, 0) is 54.0 Å². The first-order chi connectivity index (χ1) is 18.8. The topological polar surface area (TPSA) is 112 Å². The highest BCUT2D eigenvalue weighted by Crippen LogP contribution is 2.43. The average Bonchev–Trinajstić information content (AvgIpc) is 3.26. The lowest BCUT2D eigenvalue weighted by Gasteiger charge is -2.14. The number of methoxy groups -OCH3 is 1. The van der Waals surface area contributed by atoms with E-state index in [9.17, 15) is 9.59 Å². The molecule has 2 heterocycles. The van der Waals surface area contributed by atoms with Gasteiger partial charge in [-0.15, -0.1) is 0 Å². The average molecular weight is 518 g/mol. The molecular weight excluding hydrogens is 490 g/mol. The highest BCUT2D eigenvalue weighted by atomic mass is 16.5. The third-order valence-electron chi connectivity index (χ3n) is 6.73. The van der Waals surface area contributed by atoms with Crippen molar-refractivity contribution in [1.82, 2.24) is 14.5 Å². The van der Waals surface area contributed by atoms with Gasteiger partial charge in [0.25, 0.3) is 0 Å². The maximum absolute atomic E-state index is 13.4. The Bertz CT molecular complexity index is 1750. The SMILES string of the molecule is C=CC(=O)Nc1ccc(-c2c(-c3ccc(C(=O)c4ccccc4C)c(OC)c3)c3c(N)ncnc3n2C)cc1. The first-order valence-electron chi connectivity index (χ1n) is 12.3. The number of hydrogen-bond donors (Lipinski definition) is 2. The van der Waals surface area contributed by atoms with E-state index in [-0.39, 0.29) is 11.7 Å². The van der Waals surface area contributed by atoms with Crippen LogP contribution in [0, 0.1) is 6.92 Å². The highest BCUT2D eigenvalue weighted by Gasteiger charge is 2.24. The molecule has 194 valence electrons. The molecule has 3 N–H and O–H groups in total. The molecule has 0 atom stereocenters. The van der Waals surface area contributed by atoms with Crippen molar-refractivity contribution in [3.63, 3.8) is 0 Å². The number of hydrogen-bond acceptors (Lipinski definition) is 6. The maximum Gasteiger partial charge on any atom is 0.247 e. The Morgan fingerprint density at radius 2 is 1.72 bits per heavy atom. The van der Waals surface area contributed by atoms with Crippen LogP contribution in [-0.2, 0) is 11.8 Å². The molecule has 8 nitrogen and oxygen atoms in total. The maximum atomic E-state index is 13.4. The van der Waals surface area contributed by atoms with Gasteiger partial charge in [-0.3, -0.25) is 9.59 Å². The van der Waals surface area contributed by atoms with Crippen LogP contribution in [0.15, 0.2) is 85.7 Å². The van der Waals surface area contributed by atoms with Gasteiger partial charge in [0.1, 0.15) is 23.5 Å². The largest absolute Gasteiger partial charge is 0.496 e. The fourth-order valence-corrected chi connectivity index (χ4v) is 4.81. The molecule has 5 rings (SSSR count). The quantitative estimate of drug-likeness (QED) is 0.216. The van der Waals surface area contributed by atoms with E-state index in [0.717, 1.165) is 27.9 Å². The molecule has 0 aliphatic heterocycles. The molecule has 0 saturated carbocycles. The lowest BCUT2D eigenvalue weighted by atomic mass is 9.94. The van der Waals surface area contributed by atoms with E-state index in [1.54, 1.807) is 13.2 Å². The molecule has 3 aromatic carbocycles. The van der Waals surface area contributed by atoms with E-state index in [0.29, 0.717) is 39.4 Å². The number of carbonyl (C=O) groups excluding carboxylic acids is 2. The van der Waals surface area contributed by atoms with Crippen molar-refractivity contribution in [1.29, 1.82) is 0 Å². The first-order valence-corrected chi connectivity index (χ1v) is 12.3. The fraction of sp³-hybridized carbons (Fsp3) is 0.0968. The standard InChI is InChI=1S/C31H27N5O3/c1-5-25(37)35-21-13-10-19(11-14-21)28-26(27-30(32)33-17-34-31(27)36(28)3)20-12-15-23(24(16-20)39-4)29(38)22-9-7-6-8-18(22)2/h5-17H,1H2,2-4H3,(H,35,37)(H2,32,33,34). The number of ether oxygens (including phenoxy) is 1. The summed E-state index contributed by atoms with van der Waals surface area (Å²) in [6.07, 6.45) is 2.65. The van der Waals surface area contributed by atoms with Gasteiger partial charge in [0.2, 0.25) is 5.91 Å². The van der Waals surface area contributed by atoms with Crippen LogP contribution in [0.25, 0.3) is 33.4 Å². The summed E-state index contributed by atoms with van der Waals surface area (Å²) >= 11 is 0. The molecule has 2 aromatic heterocycles. The van der Waals surface area contributed by atoms with E-state index in [4.69, 9.17) is 10.5 Å². The smallest absolute Gasteiger partial charge is 0.247 e. The fourth-order valence-electron chi connectivity index (χ4n) is 4.81. The van der Waals surface area contributed by atoms with Crippen LogP contribution in [0.4, 0.5) is 11.5 Å². The second-order valence-electron chi connectivity index (χ2n) is 9.07. The molecule has 39 heavy (non-hydrogen) atoms. The van der Waals surface area contributed by atoms with Crippen LogP contribution in [0.5, 0.6) is 5.75 Å². The van der Waals surface area contributed by atoms with Gasteiger partial charge in [-0.25, -0.2) is 9.97 Å². The number of aromatic nitrogens is 3. The second-order valence-corrected chi connectivity index (χ2v) is 9.07. The molecule has 5 aromatic rings. The molecule has 8 heteroatoms. The predicted octanol–water partition coefficient (Wildman–Crippen LogP) is 5.56. The summed E-state index contributed by atoms with van der Waals surface area (Å²) in [7, 11) is 3.46. The van der Waals surface area contributed by atoms with Crippen molar-refractivity contribution in [3.8, 4) is 28.1 Å². The van der Waals surface area contributed by atoms with Gasteiger partial charge in [0.15, 0.2) is 5.78 Å². The number of nitrogens with two attached hydrogens (primary N) is 1. The number of fused-ring (bicyclic) bond motifs is 1. The molecular formula is C31H27N5O3. The van der Waals surface area contributed by atoms with Crippen LogP contribution in [-0.4, -0.2) is 33.3 Å². The van der Waals surface area contributed by atoms with Crippen molar-refractivity contribution in [3.05, 3.63) is 102 Å². The Morgan fingerprint density at radius 1 is 1.00 bits per heavy atom. The molecule has 0 fully saturated rings. The molecule has 0 aliphatic carbocycles. The van der Waals surface area contributed by atoms with E-state index in [2.05, 4.69) is 21.9 Å². The van der Waals surface area contributed by atoms with Crippen LogP contribution in [0.3, 0.4) is 0 Å². The minimum absolute atomic E-state index is 0.116. The Kier molecular flexibility index (Phi) is 6.68. The number of carbonyl (C=O) groups is 2. The zero-order valence-electron chi connectivity index (χ0n) is 21.9. The van der Waals surface area contributed by atoms with Gasteiger partial charge >= 0.3 is 0 Å². The predicted molar refractivity (Wildman–Crippen MR) is 154 cm³/mol. The Morgan fingerprint density at radius 3 is 2.41 bits per heavy atom. The van der Waals surface area contributed by atoms with Gasteiger partial charge in [-0.1, -0.05) is 49.0 Å². The number of aryl methyl sites for hydroxylation is 2. The number of anilines is 2. The van der Waals surface area contributed by atoms with Crippen LogP contribution in [0.2, 0.25) is 0 Å². The zero-order valence-corrected chi connectivity index (χ0v) is 21.9. The molecule has 0 radical (unpaired) electrons. The van der Waals surface area contributed by atoms with Crippen molar-refractivity contribution < 1.29 is 14.3 Å². The van der Waals surface area contributed by atoms with Crippen LogP contribution >= 0.6 is 0 Å². The van der Waals surface area contributed by atoms with Crippen molar-refractivity contribution in [2.45, 2.75) is 6.92 Å². The number of rotatable bonds is 7. The van der Waals surface area contributed by atoms with Crippen molar-refractivity contribution >= 4 is 34.2 Å². The number of ketones is 1. The first kappa shape index (κ1) is 25.4. The minimum Gasteiger partial charge on any atom is -0.496 e. The highest BCUT2D eigenvalue weighted by molar-refractivity contribution is 6.13. The lowest BCUT2D eigenvalue weighted by Crippen LogP contribution is -2.07. The number of nitrogens with zero attached hydrogens (tertiary/aromatic N) is 3. The van der Waals surface area contributed by atoms with E-state index in [1.807, 2.05) is 79.2 Å².